The van der Waals surface area contributed by atoms with Gasteiger partial charge in [-0.2, -0.15) is 4.31 Å². The van der Waals surface area contributed by atoms with Crippen LogP contribution in [0.1, 0.15) is 52.4 Å². The first-order chi connectivity index (χ1) is 30.5. The molecular weight excluding hydrogens is 847 g/mol. The SMILES string of the molecule is Cc1ccc(S(=O)(=O)N2CC[C@@H]3[C@H](CO)Nc4ccc(-c5cccc(NC(=O)COCCOCCOCCSc6cccc7c6CN(C6CCC(=O)NC6=O)C7=O)c5)cc4[C@@H]32)cc1. The molecule has 2 saturated heterocycles. The molecule has 4 aromatic rings. The second-order valence-electron chi connectivity index (χ2n) is 16.0. The minimum Gasteiger partial charge on any atom is -0.394 e. The summed E-state index contributed by atoms with van der Waals surface area (Å²) in [6, 6.07) is 24.4. The summed E-state index contributed by atoms with van der Waals surface area (Å²) < 4.78 is 46.4. The van der Waals surface area contributed by atoms with Crippen LogP contribution in [-0.2, 0) is 45.2 Å². The molecule has 0 radical (unpaired) electrons. The van der Waals surface area contributed by atoms with Crippen molar-refractivity contribution in [2.24, 2.45) is 5.92 Å². The number of hydrogen-bond donors (Lipinski definition) is 4. The van der Waals surface area contributed by atoms with Crippen molar-refractivity contribution in [1.29, 1.82) is 0 Å². The average molecular weight is 898 g/mol. The summed E-state index contributed by atoms with van der Waals surface area (Å²) >= 11 is 1.58. The summed E-state index contributed by atoms with van der Waals surface area (Å²) in [6.07, 6.45) is 1.15. The van der Waals surface area contributed by atoms with Crippen molar-refractivity contribution in [3.8, 4) is 11.1 Å². The molecule has 8 rings (SSSR count). The van der Waals surface area contributed by atoms with Gasteiger partial charge in [-0.25, -0.2) is 8.42 Å². The van der Waals surface area contributed by atoms with Gasteiger partial charge < -0.3 is 34.9 Å². The number of carbonyl (C=O) groups excluding carboxylic acids is 4. The van der Waals surface area contributed by atoms with E-state index in [4.69, 9.17) is 14.2 Å². The Morgan fingerprint density at radius 1 is 0.889 bits per heavy atom. The van der Waals surface area contributed by atoms with E-state index in [0.29, 0.717) is 62.8 Å². The number of imide groups is 1. The molecule has 2 fully saturated rings. The van der Waals surface area contributed by atoms with E-state index in [1.165, 1.54) is 0 Å². The van der Waals surface area contributed by atoms with Gasteiger partial charge in [-0.05, 0) is 90.6 Å². The molecule has 4 aromatic carbocycles. The molecule has 0 saturated carbocycles. The fourth-order valence-electron chi connectivity index (χ4n) is 8.80. The van der Waals surface area contributed by atoms with Crippen molar-refractivity contribution in [2.75, 3.05) is 69.2 Å². The number of nitrogens with one attached hydrogen (secondary N) is 3. The third-order valence-corrected chi connectivity index (χ3v) is 14.9. The molecule has 0 aromatic heterocycles. The first kappa shape index (κ1) is 44.5. The number of carbonyl (C=O) groups is 4. The molecule has 15 nitrogen and oxygen atoms in total. The monoisotopic (exact) mass is 897 g/mol. The number of nitrogens with zero attached hydrogens (tertiary/aromatic N) is 2. The topological polar surface area (TPSA) is 193 Å². The summed E-state index contributed by atoms with van der Waals surface area (Å²) in [6.45, 7) is 4.01. The van der Waals surface area contributed by atoms with E-state index in [-0.39, 0.29) is 67.4 Å². The zero-order valence-electron chi connectivity index (χ0n) is 34.9. The van der Waals surface area contributed by atoms with Crippen molar-refractivity contribution < 1.29 is 46.9 Å². The number of ether oxygens (including phenoxy) is 3. The molecule has 17 heteroatoms. The first-order valence-electron chi connectivity index (χ1n) is 21.1. The number of benzene rings is 4. The van der Waals surface area contributed by atoms with Crippen molar-refractivity contribution in [3.05, 3.63) is 107 Å². The van der Waals surface area contributed by atoms with E-state index >= 15 is 0 Å². The van der Waals surface area contributed by atoms with E-state index in [9.17, 15) is 32.7 Å². The summed E-state index contributed by atoms with van der Waals surface area (Å²) in [5.74, 6) is -0.715. The Labute approximate surface area is 370 Å². The standard InChI is InChI=1S/C46H51N5O10S2/c1-29-8-11-33(12-9-29)63(57,58)51-17-16-35-39(27-52)48-38-13-10-31(25-36(38)44(35)51)30-4-2-5-32(24-30)47-43(54)28-61-21-20-59-18-19-60-22-23-62-41-7-3-6-34-37(41)26-50(46(34)56)40-14-15-42(53)49-45(40)55/h2-13,24-25,35,39-40,44,48,52H,14-23,26-28H2,1H3,(H,47,54)(H,49,53,55)/t35-,39+,40?,44-/m1/s1. The molecule has 0 bridgehead atoms. The maximum atomic E-state index is 14.0. The second-order valence-corrected chi connectivity index (χ2v) is 19.0. The number of aryl methyl sites for hydroxylation is 1. The molecule has 332 valence electrons. The van der Waals surface area contributed by atoms with E-state index in [1.54, 1.807) is 57.4 Å². The predicted molar refractivity (Wildman–Crippen MR) is 237 cm³/mol. The highest BCUT2D eigenvalue weighted by Crippen LogP contribution is 2.49. The molecule has 4 amide bonds. The smallest absolute Gasteiger partial charge is 0.255 e. The zero-order chi connectivity index (χ0) is 44.1. The number of rotatable bonds is 18. The number of fused-ring (bicyclic) bond motifs is 4. The third kappa shape index (κ3) is 9.84. The van der Waals surface area contributed by atoms with Crippen LogP contribution < -0.4 is 16.0 Å². The van der Waals surface area contributed by atoms with Crippen molar-refractivity contribution >= 4 is 56.8 Å². The largest absolute Gasteiger partial charge is 0.394 e. The lowest BCUT2D eigenvalue weighted by molar-refractivity contribution is -0.137. The molecule has 4 N–H and O–H groups in total. The molecule has 4 atom stereocenters. The van der Waals surface area contributed by atoms with Gasteiger partial charge >= 0.3 is 0 Å². The fourth-order valence-corrected chi connectivity index (χ4v) is 11.4. The van der Waals surface area contributed by atoms with Gasteiger partial charge in [0.1, 0.15) is 12.6 Å². The number of amides is 4. The van der Waals surface area contributed by atoms with E-state index in [2.05, 4.69) is 16.0 Å². The quantitative estimate of drug-likeness (QED) is 0.0611. The average Bonchev–Trinajstić information content (AvgIpc) is 3.88. The number of aliphatic hydroxyl groups is 1. The molecule has 4 aliphatic rings. The molecule has 4 heterocycles. The van der Waals surface area contributed by atoms with Gasteiger partial charge in [0.15, 0.2) is 0 Å². The third-order valence-electron chi connectivity index (χ3n) is 11.9. The number of hydrogen-bond acceptors (Lipinski definition) is 12. The van der Waals surface area contributed by atoms with Crippen LogP contribution >= 0.6 is 11.8 Å². The highest BCUT2D eigenvalue weighted by molar-refractivity contribution is 7.99. The Kier molecular flexibility index (Phi) is 13.9. The highest BCUT2D eigenvalue weighted by Gasteiger charge is 2.48. The normalized spacial score (nSPS) is 20.8. The van der Waals surface area contributed by atoms with Crippen molar-refractivity contribution in [1.82, 2.24) is 14.5 Å². The lowest BCUT2D eigenvalue weighted by Gasteiger charge is -2.39. The Morgan fingerprint density at radius 3 is 2.41 bits per heavy atom. The van der Waals surface area contributed by atoms with Gasteiger partial charge in [-0.3, -0.25) is 24.5 Å². The summed E-state index contributed by atoms with van der Waals surface area (Å²) in [7, 11) is -3.80. The molecule has 4 aliphatic heterocycles. The number of piperidine rings is 1. The number of thioether (sulfide) groups is 1. The van der Waals surface area contributed by atoms with E-state index in [0.717, 1.165) is 38.4 Å². The second kappa shape index (κ2) is 19.7. The highest BCUT2D eigenvalue weighted by atomic mass is 32.2. The summed E-state index contributed by atoms with van der Waals surface area (Å²) in [5, 5.41) is 18.9. The predicted octanol–water partition coefficient (Wildman–Crippen LogP) is 4.74. The van der Waals surface area contributed by atoms with Gasteiger partial charge in [-0.1, -0.05) is 42.0 Å². The van der Waals surface area contributed by atoms with Gasteiger partial charge in [0.05, 0.1) is 56.6 Å². The van der Waals surface area contributed by atoms with E-state index in [1.807, 2.05) is 55.5 Å². The van der Waals surface area contributed by atoms with Crippen LogP contribution in [0.25, 0.3) is 11.1 Å². The number of aliphatic hydroxyl groups excluding tert-OH is 1. The van der Waals surface area contributed by atoms with Crippen molar-refractivity contribution in [3.63, 3.8) is 0 Å². The Bertz CT molecular complexity index is 2470. The molecule has 1 unspecified atom stereocenters. The van der Waals surface area contributed by atoms with Gasteiger partial charge in [-0.15, -0.1) is 11.8 Å². The number of sulfonamides is 1. The zero-order valence-corrected chi connectivity index (χ0v) is 36.6. The van der Waals surface area contributed by atoms with Crippen LogP contribution in [0.5, 0.6) is 0 Å². The van der Waals surface area contributed by atoms with Gasteiger partial charge in [0, 0.05) is 53.0 Å². The van der Waals surface area contributed by atoms with Crippen LogP contribution in [0, 0.1) is 12.8 Å². The lowest BCUT2D eigenvalue weighted by atomic mass is 9.82. The maximum absolute atomic E-state index is 14.0. The van der Waals surface area contributed by atoms with Crippen LogP contribution in [0.4, 0.5) is 11.4 Å². The first-order valence-corrected chi connectivity index (χ1v) is 23.6. The summed E-state index contributed by atoms with van der Waals surface area (Å²) in [4.78, 5) is 52.6. The summed E-state index contributed by atoms with van der Waals surface area (Å²) in [5.41, 5.74) is 6.37. The molecule has 0 spiro atoms. The maximum Gasteiger partial charge on any atom is 0.255 e. The van der Waals surface area contributed by atoms with Gasteiger partial charge in [0.25, 0.3) is 5.91 Å². The minimum atomic E-state index is -3.80. The lowest BCUT2D eigenvalue weighted by Crippen LogP contribution is -2.52. The Balaban J connectivity index is 0.756. The van der Waals surface area contributed by atoms with Crippen molar-refractivity contribution in [2.45, 2.75) is 60.6 Å². The molecule has 0 aliphatic carbocycles. The fraction of sp³-hybridized carbons (Fsp3) is 0.391. The van der Waals surface area contributed by atoms with Gasteiger partial charge in [0.2, 0.25) is 27.7 Å². The van der Waals surface area contributed by atoms with Crippen LogP contribution in [0.2, 0.25) is 0 Å². The minimum absolute atomic E-state index is 0.112. The Morgan fingerprint density at radius 2 is 1.63 bits per heavy atom. The van der Waals surface area contributed by atoms with Crippen LogP contribution in [0.15, 0.2) is 94.7 Å². The van der Waals surface area contributed by atoms with Crippen LogP contribution in [-0.4, -0.2) is 117 Å². The van der Waals surface area contributed by atoms with E-state index < -0.39 is 28.0 Å². The Hall–Kier alpha value is -5.14. The number of anilines is 2. The van der Waals surface area contributed by atoms with Crippen LogP contribution in [0.3, 0.4) is 0 Å². The molecule has 63 heavy (non-hydrogen) atoms. The molecular formula is C46H51N5O10S2.